The predicted octanol–water partition coefficient (Wildman–Crippen LogP) is 2.15. The Balaban J connectivity index is 2.38. The van der Waals surface area contributed by atoms with Crippen molar-refractivity contribution in [2.45, 2.75) is 12.2 Å². The zero-order valence-corrected chi connectivity index (χ0v) is 11.8. The smallest absolute Gasteiger partial charge is 0.243 e. The van der Waals surface area contributed by atoms with Crippen LogP contribution in [0.15, 0.2) is 24.3 Å². The van der Waals surface area contributed by atoms with Gasteiger partial charge in [-0.1, -0.05) is 11.6 Å². The Morgan fingerprint density at radius 3 is 2.50 bits per heavy atom. The van der Waals surface area contributed by atoms with Gasteiger partial charge in [0.25, 0.3) is 0 Å². The molecule has 0 spiro atoms. The number of carbonyl (C=O) groups excluding carboxylic acids is 2. The van der Waals surface area contributed by atoms with Gasteiger partial charge in [0.15, 0.2) is 0 Å². The van der Waals surface area contributed by atoms with Crippen molar-refractivity contribution in [3.05, 3.63) is 29.3 Å². The average molecular weight is 287 g/mol. The molecule has 4 nitrogen and oxygen atoms in total. The maximum absolute atomic E-state index is 11.5. The first kappa shape index (κ1) is 14.9. The minimum atomic E-state index is -0.265. The zero-order chi connectivity index (χ0) is 13.5. The van der Waals surface area contributed by atoms with Gasteiger partial charge in [-0.3, -0.25) is 9.59 Å². The molecule has 1 aromatic rings. The Morgan fingerprint density at radius 2 is 1.94 bits per heavy atom. The lowest BCUT2D eigenvalue weighted by Gasteiger charge is -2.10. The molecule has 1 aromatic carbocycles. The van der Waals surface area contributed by atoms with E-state index in [0.717, 1.165) is 0 Å². The van der Waals surface area contributed by atoms with Gasteiger partial charge in [-0.25, -0.2) is 0 Å². The fraction of sp³-hybridized carbons (Fsp3) is 0.333. The molecule has 0 aromatic heterocycles. The number of amides is 2. The summed E-state index contributed by atoms with van der Waals surface area (Å²) in [5.41, 5.74) is 0.650. The van der Waals surface area contributed by atoms with E-state index in [0.29, 0.717) is 10.7 Å². The first-order valence-electron chi connectivity index (χ1n) is 5.39. The van der Waals surface area contributed by atoms with Crippen LogP contribution in [0.5, 0.6) is 0 Å². The standard InChI is InChI=1S/C12H15ClN2O2S/c1-8(18-2)12(17)14-7-11(16)15-10-5-3-9(13)4-6-10/h3-6,8H,7H2,1-2H3,(H,14,17)(H,15,16). The van der Waals surface area contributed by atoms with E-state index in [-0.39, 0.29) is 23.6 Å². The van der Waals surface area contributed by atoms with Crippen LogP contribution in [0, 0.1) is 0 Å². The largest absolute Gasteiger partial charge is 0.346 e. The van der Waals surface area contributed by atoms with Gasteiger partial charge in [-0.15, -0.1) is 0 Å². The number of hydrogen-bond acceptors (Lipinski definition) is 3. The van der Waals surface area contributed by atoms with E-state index < -0.39 is 0 Å². The number of rotatable bonds is 5. The highest BCUT2D eigenvalue weighted by molar-refractivity contribution is 7.99. The van der Waals surface area contributed by atoms with Gasteiger partial charge in [0.05, 0.1) is 11.8 Å². The molecule has 98 valence electrons. The molecule has 2 N–H and O–H groups in total. The van der Waals surface area contributed by atoms with E-state index in [1.807, 2.05) is 6.26 Å². The lowest BCUT2D eigenvalue weighted by molar-refractivity contribution is -0.123. The number of anilines is 1. The Hall–Kier alpha value is -1.20. The first-order chi connectivity index (χ1) is 8.52. The molecule has 0 aliphatic rings. The highest BCUT2D eigenvalue weighted by Crippen LogP contribution is 2.13. The number of halogens is 1. The second-order valence-corrected chi connectivity index (χ2v) is 5.27. The normalized spacial score (nSPS) is 11.7. The number of hydrogen-bond donors (Lipinski definition) is 2. The number of thioether (sulfide) groups is 1. The molecule has 0 heterocycles. The van der Waals surface area contributed by atoms with Crippen LogP contribution in [-0.4, -0.2) is 29.9 Å². The summed E-state index contributed by atoms with van der Waals surface area (Å²) in [6.07, 6.45) is 1.85. The molecule has 0 saturated carbocycles. The first-order valence-corrected chi connectivity index (χ1v) is 7.05. The molecule has 0 aliphatic carbocycles. The Labute approximate surface area is 115 Å². The number of nitrogens with one attached hydrogen (secondary N) is 2. The van der Waals surface area contributed by atoms with Crippen molar-refractivity contribution in [3.63, 3.8) is 0 Å². The van der Waals surface area contributed by atoms with Gasteiger partial charge in [0, 0.05) is 10.7 Å². The van der Waals surface area contributed by atoms with Crippen molar-refractivity contribution >= 4 is 40.9 Å². The SMILES string of the molecule is CSC(C)C(=O)NCC(=O)Nc1ccc(Cl)cc1. The average Bonchev–Trinajstić information content (AvgIpc) is 2.37. The highest BCUT2D eigenvalue weighted by atomic mass is 35.5. The lowest BCUT2D eigenvalue weighted by Crippen LogP contribution is -2.37. The van der Waals surface area contributed by atoms with Gasteiger partial charge in [0.1, 0.15) is 0 Å². The molecule has 0 bridgehead atoms. The van der Waals surface area contributed by atoms with Crippen molar-refractivity contribution in [1.29, 1.82) is 0 Å². The molecule has 18 heavy (non-hydrogen) atoms. The molecular formula is C12H15ClN2O2S. The molecule has 0 radical (unpaired) electrons. The van der Waals surface area contributed by atoms with Crippen LogP contribution in [-0.2, 0) is 9.59 Å². The van der Waals surface area contributed by atoms with Crippen LogP contribution in [0.2, 0.25) is 5.02 Å². The third kappa shape index (κ3) is 4.98. The van der Waals surface area contributed by atoms with Gasteiger partial charge >= 0.3 is 0 Å². The molecule has 1 rings (SSSR count). The molecule has 1 unspecified atom stereocenters. The summed E-state index contributed by atoms with van der Waals surface area (Å²) in [4.78, 5) is 23.0. The summed E-state index contributed by atoms with van der Waals surface area (Å²) in [6, 6.07) is 6.77. The van der Waals surface area contributed by atoms with E-state index in [4.69, 9.17) is 11.6 Å². The Kier molecular flexibility index (Phi) is 6.01. The Bertz CT molecular complexity index is 423. The van der Waals surface area contributed by atoms with Crippen LogP contribution in [0.1, 0.15) is 6.92 Å². The summed E-state index contributed by atoms with van der Waals surface area (Å²) < 4.78 is 0. The van der Waals surface area contributed by atoms with Crippen molar-refractivity contribution in [2.75, 3.05) is 18.1 Å². The van der Waals surface area contributed by atoms with E-state index in [1.165, 1.54) is 11.8 Å². The van der Waals surface area contributed by atoms with E-state index >= 15 is 0 Å². The number of carbonyl (C=O) groups is 2. The van der Waals surface area contributed by atoms with Crippen molar-refractivity contribution in [1.82, 2.24) is 5.32 Å². The second kappa shape index (κ2) is 7.28. The molecular weight excluding hydrogens is 272 g/mol. The summed E-state index contributed by atoms with van der Waals surface area (Å²) in [7, 11) is 0. The summed E-state index contributed by atoms with van der Waals surface area (Å²) >= 11 is 7.16. The predicted molar refractivity (Wildman–Crippen MR) is 76.1 cm³/mol. The van der Waals surface area contributed by atoms with Gasteiger partial charge in [-0.05, 0) is 37.4 Å². The fourth-order valence-electron chi connectivity index (χ4n) is 1.16. The monoisotopic (exact) mass is 286 g/mol. The second-order valence-electron chi connectivity index (χ2n) is 3.65. The molecule has 0 saturated heterocycles. The van der Waals surface area contributed by atoms with Crippen LogP contribution in [0.4, 0.5) is 5.69 Å². The molecule has 2 amide bonds. The molecule has 6 heteroatoms. The topological polar surface area (TPSA) is 58.2 Å². The van der Waals surface area contributed by atoms with Crippen molar-refractivity contribution < 1.29 is 9.59 Å². The summed E-state index contributed by atoms with van der Waals surface area (Å²) in [5.74, 6) is -0.410. The van der Waals surface area contributed by atoms with Crippen LogP contribution in [0.3, 0.4) is 0 Å². The van der Waals surface area contributed by atoms with Crippen LogP contribution < -0.4 is 10.6 Å². The Morgan fingerprint density at radius 1 is 1.33 bits per heavy atom. The maximum atomic E-state index is 11.5. The van der Waals surface area contributed by atoms with Crippen molar-refractivity contribution in [2.24, 2.45) is 0 Å². The van der Waals surface area contributed by atoms with Gasteiger partial charge in [0.2, 0.25) is 11.8 Å². The van der Waals surface area contributed by atoms with Gasteiger partial charge in [-0.2, -0.15) is 11.8 Å². The summed E-state index contributed by atoms with van der Waals surface area (Å²) in [5, 5.41) is 5.68. The quantitative estimate of drug-likeness (QED) is 0.872. The summed E-state index contributed by atoms with van der Waals surface area (Å²) in [6.45, 7) is 1.75. The van der Waals surface area contributed by atoms with Gasteiger partial charge < -0.3 is 10.6 Å². The molecule has 1 atom stereocenters. The van der Waals surface area contributed by atoms with Crippen LogP contribution in [0.25, 0.3) is 0 Å². The minimum Gasteiger partial charge on any atom is -0.346 e. The maximum Gasteiger partial charge on any atom is 0.243 e. The lowest BCUT2D eigenvalue weighted by atomic mass is 10.3. The molecule has 0 fully saturated rings. The third-order valence-corrected chi connectivity index (χ3v) is 3.45. The highest BCUT2D eigenvalue weighted by Gasteiger charge is 2.12. The van der Waals surface area contributed by atoms with Crippen molar-refractivity contribution in [3.8, 4) is 0 Å². The molecule has 0 aliphatic heterocycles. The van der Waals surface area contributed by atoms with Crippen LogP contribution >= 0.6 is 23.4 Å². The van der Waals surface area contributed by atoms with E-state index in [1.54, 1.807) is 31.2 Å². The number of benzene rings is 1. The fourth-order valence-corrected chi connectivity index (χ4v) is 1.58. The van der Waals surface area contributed by atoms with E-state index in [9.17, 15) is 9.59 Å². The van der Waals surface area contributed by atoms with E-state index in [2.05, 4.69) is 10.6 Å². The zero-order valence-electron chi connectivity index (χ0n) is 10.2. The third-order valence-electron chi connectivity index (χ3n) is 2.27. The minimum absolute atomic E-state index is 0.0354.